The van der Waals surface area contributed by atoms with Crippen molar-refractivity contribution >= 4 is 0 Å². The van der Waals surface area contributed by atoms with Gasteiger partial charge in [-0.2, -0.15) is 0 Å². The SMILES string of the molecule is [CH2-]NC(CC)Cc1ccc2c(c1)OCO2.[Y].[Y].[Y]. The Labute approximate surface area is 185 Å². The smallest absolute Gasteiger partial charge is 0.231 e. The molecule has 0 aromatic heterocycles. The van der Waals surface area contributed by atoms with Crippen molar-refractivity contribution in [3.05, 3.63) is 30.8 Å². The quantitative estimate of drug-likeness (QED) is 0.681. The van der Waals surface area contributed by atoms with Gasteiger partial charge in [-0.1, -0.05) is 13.0 Å². The van der Waals surface area contributed by atoms with E-state index in [-0.39, 0.29) is 98.1 Å². The number of benzene rings is 1. The maximum Gasteiger partial charge on any atom is 0.231 e. The minimum Gasteiger partial charge on any atom is -0.470 e. The van der Waals surface area contributed by atoms with Crippen LogP contribution in [0.1, 0.15) is 18.9 Å². The van der Waals surface area contributed by atoms with Crippen LogP contribution < -0.4 is 14.8 Å². The molecule has 1 aromatic rings. The third-order valence-corrected chi connectivity index (χ3v) is 2.70. The minimum absolute atomic E-state index is 0. The van der Waals surface area contributed by atoms with E-state index in [2.05, 4.69) is 25.4 Å². The zero-order valence-electron chi connectivity index (χ0n) is 10.7. The van der Waals surface area contributed by atoms with Crippen molar-refractivity contribution in [2.75, 3.05) is 6.79 Å². The van der Waals surface area contributed by atoms with Gasteiger partial charge in [0.1, 0.15) is 0 Å². The Kier molecular flexibility index (Phi) is 14.6. The van der Waals surface area contributed by atoms with Crippen molar-refractivity contribution in [1.82, 2.24) is 5.32 Å². The van der Waals surface area contributed by atoms with Crippen LogP contribution in [0.15, 0.2) is 18.2 Å². The summed E-state index contributed by atoms with van der Waals surface area (Å²) in [5, 5.41) is 3.05. The molecule has 0 aliphatic carbocycles. The van der Waals surface area contributed by atoms with Crippen LogP contribution in [0, 0.1) is 7.05 Å². The summed E-state index contributed by atoms with van der Waals surface area (Å²) >= 11 is 0. The van der Waals surface area contributed by atoms with Gasteiger partial charge in [0.2, 0.25) is 6.79 Å². The van der Waals surface area contributed by atoms with Gasteiger partial charge >= 0.3 is 0 Å². The van der Waals surface area contributed by atoms with E-state index >= 15 is 0 Å². The topological polar surface area (TPSA) is 30.5 Å². The fourth-order valence-electron chi connectivity index (χ4n) is 1.71. The fraction of sp³-hybridized carbons (Fsp3) is 0.417. The second kappa shape index (κ2) is 11.7. The molecular formula is C12H16NO2Y3-. The maximum atomic E-state index is 5.33. The number of ether oxygens (including phenoxy) is 2. The molecule has 6 heteroatoms. The molecule has 0 amide bonds. The second-order valence-electron chi connectivity index (χ2n) is 3.70. The Bertz CT molecular complexity index is 346. The van der Waals surface area contributed by atoms with E-state index < -0.39 is 0 Å². The zero-order chi connectivity index (χ0) is 10.7. The van der Waals surface area contributed by atoms with Gasteiger partial charge in [-0.3, -0.25) is 7.05 Å². The van der Waals surface area contributed by atoms with Crippen LogP contribution in [0.3, 0.4) is 0 Å². The standard InChI is InChI=1S/C12H16NO2.3Y/c1-3-10(13-2)6-9-4-5-11-12(7-9)15-8-14-11;;;/h4-5,7,10,13H,2-3,6,8H2,1H3;;;/q-1;;;. The van der Waals surface area contributed by atoms with Crippen LogP contribution >= 0.6 is 0 Å². The van der Waals surface area contributed by atoms with Crippen molar-refractivity contribution in [1.29, 1.82) is 0 Å². The van der Waals surface area contributed by atoms with Gasteiger partial charge in [0, 0.05) is 98.1 Å². The molecule has 0 saturated carbocycles. The Morgan fingerprint density at radius 2 is 1.89 bits per heavy atom. The van der Waals surface area contributed by atoms with Crippen LogP contribution in [0.2, 0.25) is 0 Å². The zero-order valence-corrected chi connectivity index (χ0v) is 19.2. The Morgan fingerprint density at radius 1 is 1.22 bits per heavy atom. The summed E-state index contributed by atoms with van der Waals surface area (Å²) in [6.07, 6.45) is 2.04. The average Bonchev–Trinajstić information content (AvgIpc) is 2.73. The van der Waals surface area contributed by atoms with E-state index in [4.69, 9.17) is 9.47 Å². The summed E-state index contributed by atoms with van der Waals surface area (Å²) in [5.41, 5.74) is 1.25. The molecule has 3 radical (unpaired) electrons. The first-order valence-corrected chi connectivity index (χ1v) is 5.24. The number of rotatable bonds is 4. The molecule has 18 heavy (non-hydrogen) atoms. The molecule has 0 bridgehead atoms. The van der Waals surface area contributed by atoms with Crippen molar-refractivity contribution < 1.29 is 108 Å². The van der Waals surface area contributed by atoms with Crippen molar-refractivity contribution in [3.8, 4) is 11.5 Å². The summed E-state index contributed by atoms with van der Waals surface area (Å²) in [6, 6.07) is 6.51. The summed E-state index contributed by atoms with van der Waals surface area (Å²) in [6.45, 7) is 2.49. The number of fused-ring (bicyclic) bond motifs is 1. The first-order chi connectivity index (χ1) is 7.33. The molecule has 1 unspecified atom stereocenters. The molecule has 1 aromatic carbocycles. The van der Waals surface area contributed by atoms with E-state index in [9.17, 15) is 0 Å². The van der Waals surface area contributed by atoms with Gasteiger partial charge in [-0.05, 0) is 36.6 Å². The van der Waals surface area contributed by atoms with Crippen LogP contribution in [-0.4, -0.2) is 12.8 Å². The third-order valence-electron chi connectivity index (χ3n) is 2.70. The van der Waals surface area contributed by atoms with Crippen molar-refractivity contribution in [2.24, 2.45) is 0 Å². The van der Waals surface area contributed by atoms with Gasteiger partial charge in [0.05, 0.1) is 0 Å². The molecule has 0 fully saturated rings. The molecule has 91 valence electrons. The van der Waals surface area contributed by atoms with Gasteiger partial charge in [0.15, 0.2) is 11.5 Å². The van der Waals surface area contributed by atoms with Gasteiger partial charge in [-0.15, -0.1) is 0 Å². The van der Waals surface area contributed by atoms with Crippen molar-refractivity contribution in [2.45, 2.75) is 25.8 Å². The van der Waals surface area contributed by atoms with E-state index in [1.54, 1.807) is 0 Å². The third kappa shape index (κ3) is 6.24. The molecule has 1 N–H and O–H groups in total. The monoisotopic (exact) mass is 473 g/mol. The molecule has 0 saturated heterocycles. The van der Waals surface area contributed by atoms with Gasteiger partial charge in [-0.25, -0.2) is 0 Å². The van der Waals surface area contributed by atoms with Gasteiger partial charge < -0.3 is 14.8 Å². The normalized spacial score (nSPS) is 12.8. The number of hydrogen-bond acceptors (Lipinski definition) is 3. The predicted molar refractivity (Wildman–Crippen MR) is 58.8 cm³/mol. The van der Waals surface area contributed by atoms with E-state index in [1.807, 2.05) is 12.1 Å². The largest absolute Gasteiger partial charge is 0.470 e. The molecular weight excluding hydrogens is 457 g/mol. The molecule has 1 atom stereocenters. The van der Waals surface area contributed by atoms with E-state index in [0.29, 0.717) is 12.8 Å². The summed E-state index contributed by atoms with van der Waals surface area (Å²) < 4.78 is 10.6. The molecule has 1 aliphatic heterocycles. The second-order valence-corrected chi connectivity index (χ2v) is 3.70. The van der Waals surface area contributed by atoms with E-state index in [1.165, 1.54) is 5.56 Å². The number of hydrogen-bond donors (Lipinski definition) is 1. The number of nitrogens with one attached hydrogen (secondary N) is 1. The van der Waals surface area contributed by atoms with Crippen molar-refractivity contribution in [3.63, 3.8) is 0 Å². The Balaban J connectivity index is 0. The van der Waals surface area contributed by atoms with E-state index in [0.717, 1.165) is 24.3 Å². The predicted octanol–water partition coefficient (Wildman–Crippen LogP) is 2.11. The molecule has 0 spiro atoms. The average molecular weight is 473 g/mol. The molecule has 2 rings (SSSR count). The minimum atomic E-state index is 0. The van der Waals surface area contributed by atoms with Crippen LogP contribution in [0.25, 0.3) is 0 Å². The molecule has 1 aliphatic rings. The Hall–Kier alpha value is 2.09. The van der Waals surface area contributed by atoms with Gasteiger partial charge in [0.25, 0.3) is 0 Å². The summed E-state index contributed by atoms with van der Waals surface area (Å²) in [7, 11) is 3.72. The van der Waals surface area contributed by atoms with Crippen LogP contribution in [-0.2, 0) is 105 Å². The van der Waals surface area contributed by atoms with Crippen LogP contribution in [0.5, 0.6) is 11.5 Å². The first-order valence-electron chi connectivity index (χ1n) is 5.24. The first kappa shape index (κ1) is 22.4. The molecule has 3 nitrogen and oxygen atoms in total. The fourth-order valence-corrected chi connectivity index (χ4v) is 1.71. The maximum absolute atomic E-state index is 5.33. The van der Waals surface area contributed by atoms with Crippen LogP contribution in [0.4, 0.5) is 0 Å². The summed E-state index contributed by atoms with van der Waals surface area (Å²) in [4.78, 5) is 0. The Morgan fingerprint density at radius 3 is 2.50 bits per heavy atom. The molecule has 1 heterocycles. The summed E-state index contributed by atoms with van der Waals surface area (Å²) in [5.74, 6) is 1.70.